The normalized spacial score (nSPS) is 16.4. The van der Waals surface area contributed by atoms with Crippen LogP contribution in [0.2, 0.25) is 0 Å². The third-order valence-corrected chi connectivity index (χ3v) is 5.95. The molecule has 0 spiro atoms. The summed E-state index contributed by atoms with van der Waals surface area (Å²) in [5.41, 5.74) is 2.50. The maximum absolute atomic E-state index is 11.7. The number of hydrogen-bond donors (Lipinski definition) is 1. The summed E-state index contributed by atoms with van der Waals surface area (Å²) in [4.78, 5) is 14.7. The lowest BCUT2D eigenvalue weighted by Gasteiger charge is -2.19. The van der Waals surface area contributed by atoms with Crippen LogP contribution < -0.4 is 5.32 Å². The molecular formula is C20H19NOS3. The standard InChI is InChI=1S/C20H19NOS3/c1-20(2,3)14-6-10-16(11-7-14)24-15-8-4-13(5-9-15)12-17-18(22)21-19(23)25-17/h4-12H,1-3H3,(H,21,22,23)/b17-12+. The molecule has 1 fully saturated rings. The topological polar surface area (TPSA) is 29.1 Å². The summed E-state index contributed by atoms with van der Waals surface area (Å²) in [6.45, 7) is 6.66. The fraction of sp³-hybridized carbons (Fsp3) is 0.200. The molecule has 3 rings (SSSR count). The SMILES string of the molecule is CC(C)(C)c1ccc(Sc2ccc(/C=C3/SC(=S)NC3=O)cc2)cc1. The molecule has 1 heterocycles. The molecule has 1 aliphatic rings. The maximum atomic E-state index is 11.7. The van der Waals surface area contributed by atoms with Crippen LogP contribution in [0.3, 0.4) is 0 Å². The van der Waals surface area contributed by atoms with Crippen LogP contribution in [0, 0.1) is 0 Å². The van der Waals surface area contributed by atoms with Crippen molar-refractivity contribution in [2.75, 3.05) is 0 Å². The van der Waals surface area contributed by atoms with Crippen molar-refractivity contribution in [2.45, 2.75) is 36.0 Å². The van der Waals surface area contributed by atoms with Crippen molar-refractivity contribution in [2.24, 2.45) is 0 Å². The molecule has 2 nitrogen and oxygen atoms in total. The molecule has 2 aromatic rings. The first kappa shape index (κ1) is 18.2. The van der Waals surface area contributed by atoms with E-state index >= 15 is 0 Å². The lowest BCUT2D eigenvalue weighted by Crippen LogP contribution is -2.17. The number of rotatable bonds is 3. The zero-order valence-electron chi connectivity index (χ0n) is 14.3. The highest BCUT2D eigenvalue weighted by Gasteiger charge is 2.21. The molecule has 0 saturated carbocycles. The fourth-order valence-corrected chi connectivity index (χ4v) is 4.22. The summed E-state index contributed by atoms with van der Waals surface area (Å²) in [7, 11) is 0. The van der Waals surface area contributed by atoms with Crippen LogP contribution in [-0.2, 0) is 10.2 Å². The van der Waals surface area contributed by atoms with Gasteiger partial charge in [-0.2, -0.15) is 0 Å². The Kier molecular flexibility index (Phi) is 5.37. The molecule has 0 radical (unpaired) electrons. The van der Waals surface area contributed by atoms with Crippen molar-refractivity contribution in [1.29, 1.82) is 0 Å². The van der Waals surface area contributed by atoms with E-state index in [1.165, 1.54) is 27.1 Å². The maximum Gasteiger partial charge on any atom is 0.263 e. The third-order valence-electron chi connectivity index (χ3n) is 3.78. The van der Waals surface area contributed by atoms with Crippen molar-refractivity contribution < 1.29 is 4.79 Å². The minimum Gasteiger partial charge on any atom is -0.307 e. The summed E-state index contributed by atoms with van der Waals surface area (Å²) in [5, 5.41) is 2.63. The molecule has 25 heavy (non-hydrogen) atoms. The summed E-state index contributed by atoms with van der Waals surface area (Å²) in [6.07, 6.45) is 1.87. The number of carbonyl (C=O) groups is 1. The summed E-state index contributed by atoms with van der Waals surface area (Å²) in [5.74, 6) is -0.118. The first-order valence-electron chi connectivity index (χ1n) is 7.94. The smallest absolute Gasteiger partial charge is 0.263 e. The Bertz CT molecular complexity index is 831. The second-order valence-electron chi connectivity index (χ2n) is 6.80. The van der Waals surface area contributed by atoms with Gasteiger partial charge in [-0.25, -0.2) is 0 Å². The van der Waals surface area contributed by atoms with Gasteiger partial charge in [0.15, 0.2) is 0 Å². The summed E-state index contributed by atoms with van der Waals surface area (Å²) < 4.78 is 0.516. The molecule has 0 atom stereocenters. The number of thioether (sulfide) groups is 1. The van der Waals surface area contributed by atoms with Crippen LogP contribution in [0.4, 0.5) is 0 Å². The predicted octanol–water partition coefficient (Wildman–Crippen LogP) is 5.62. The van der Waals surface area contributed by atoms with Crippen molar-refractivity contribution in [3.63, 3.8) is 0 Å². The minimum atomic E-state index is -0.118. The van der Waals surface area contributed by atoms with Crippen LogP contribution in [-0.4, -0.2) is 10.2 Å². The zero-order valence-corrected chi connectivity index (χ0v) is 16.8. The molecule has 0 bridgehead atoms. The Hall–Kier alpha value is -1.56. The molecular weight excluding hydrogens is 366 g/mol. The van der Waals surface area contributed by atoms with Gasteiger partial charge in [0, 0.05) is 9.79 Å². The largest absolute Gasteiger partial charge is 0.307 e. The molecule has 5 heteroatoms. The highest BCUT2D eigenvalue weighted by Crippen LogP contribution is 2.31. The summed E-state index contributed by atoms with van der Waals surface area (Å²) in [6, 6.07) is 16.9. The molecule has 1 aliphatic heterocycles. The van der Waals surface area contributed by atoms with Crippen molar-refractivity contribution >= 4 is 52.0 Å². The fourth-order valence-electron chi connectivity index (χ4n) is 2.36. The lowest BCUT2D eigenvalue weighted by atomic mass is 9.87. The second kappa shape index (κ2) is 7.36. The monoisotopic (exact) mass is 385 g/mol. The van der Waals surface area contributed by atoms with Gasteiger partial charge < -0.3 is 5.32 Å². The van der Waals surface area contributed by atoms with Gasteiger partial charge >= 0.3 is 0 Å². The Balaban J connectivity index is 1.70. The van der Waals surface area contributed by atoms with E-state index in [9.17, 15) is 4.79 Å². The van der Waals surface area contributed by atoms with E-state index in [4.69, 9.17) is 12.2 Å². The first-order chi connectivity index (χ1) is 11.8. The molecule has 1 saturated heterocycles. The molecule has 0 aliphatic carbocycles. The Labute approximate surface area is 162 Å². The van der Waals surface area contributed by atoms with Gasteiger partial charge in [0.05, 0.1) is 4.91 Å². The van der Waals surface area contributed by atoms with E-state index in [0.29, 0.717) is 9.23 Å². The molecule has 2 aromatic carbocycles. The Morgan fingerprint density at radius 3 is 2.04 bits per heavy atom. The van der Waals surface area contributed by atoms with E-state index in [0.717, 1.165) is 5.56 Å². The van der Waals surface area contributed by atoms with Gasteiger partial charge in [0.1, 0.15) is 4.32 Å². The second-order valence-corrected chi connectivity index (χ2v) is 9.66. The number of hydrogen-bond acceptors (Lipinski definition) is 4. The highest BCUT2D eigenvalue weighted by molar-refractivity contribution is 8.26. The minimum absolute atomic E-state index is 0.118. The Morgan fingerprint density at radius 2 is 1.56 bits per heavy atom. The van der Waals surface area contributed by atoms with Crippen LogP contribution >= 0.6 is 35.7 Å². The average molecular weight is 386 g/mol. The van der Waals surface area contributed by atoms with Gasteiger partial charge in [-0.1, -0.05) is 80.8 Å². The zero-order chi connectivity index (χ0) is 18.0. The van der Waals surface area contributed by atoms with Gasteiger partial charge in [-0.3, -0.25) is 4.79 Å². The molecule has 1 amide bonds. The van der Waals surface area contributed by atoms with Gasteiger partial charge in [-0.05, 0) is 46.9 Å². The van der Waals surface area contributed by atoms with E-state index in [1.807, 2.05) is 18.2 Å². The van der Waals surface area contributed by atoms with E-state index in [-0.39, 0.29) is 11.3 Å². The predicted molar refractivity (Wildman–Crippen MR) is 112 cm³/mol. The van der Waals surface area contributed by atoms with Crippen LogP contribution in [0.15, 0.2) is 63.2 Å². The molecule has 0 aromatic heterocycles. The highest BCUT2D eigenvalue weighted by atomic mass is 32.2. The van der Waals surface area contributed by atoms with Crippen LogP contribution in [0.5, 0.6) is 0 Å². The number of amides is 1. The number of benzene rings is 2. The van der Waals surface area contributed by atoms with Crippen molar-refractivity contribution in [3.8, 4) is 0 Å². The van der Waals surface area contributed by atoms with E-state index < -0.39 is 0 Å². The number of carbonyl (C=O) groups excluding carboxylic acids is 1. The molecule has 1 N–H and O–H groups in total. The van der Waals surface area contributed by atoms with Gasteiger partial charge in [0.2, 0.25) is 0 Å². The first-order valence-corrected chi connectivity index (χ1v) is 9.99. The lowest BCUT2D eigenvalue weighted by molar-refractivity contribution is -0.115. The third kappa shape index (κ3) is 4.75. The van der Waals surface area contributed by atoms with Crippen molar-refractivity contribution in [1.82, 2.24) is 5.32 Å². The number of thiocarbonyl (C=S) groups is 1. The van der Waals surface area contributed by atoms with Crippen LogP contribution in [0.1, 0.15) is 31.9 Å². The Morgan fingerprint density at radius 1 is 1.00 bits per heavy atom. The molecule has 128 valence electrons. The van der Waals surface area contributed by atoms with Gasteiger partial charge in [-0.15, -0.1) is 0 Å². The number of nitrogens with one attached hydrogen (secondary N) is 1. The van der Waals surface area contributed by atoms with Crippen LogP contribution in [0.25, 0.3) is 6.08 Å². The van der Waals surface area contributed by atoms with Gasteiger partial charge in [0.25, 0.3) is 5.91 Å². The average Bonchev–Trinajstić information content (AvgIpc) is 2.86. The van der Waals surface area contributed by atoms with Crippen molar-refractivity contribution in [3.05, 3.63) is 64.6 Å². The molecule has 0 unspecified atom stereocenters. The summed E-state index contributed by atoms with van der Waals surface area (Å²) >= 11 is 8.04. The van der Waals surface area contributed by atoms with E-state index in [1.54, 1.807) is 11.8 Å². The van der Waals surface area contributed by atoms with E-state index in [2.05, 4.69) is 62.5 Å². The quantitative estimate of drug-likeness (QED) is 0.548.